The molecule has 1 aliphatic rings. The van der Waals surface area contributed by atoms with Gasteiger partial charge in [-0.25, -0.2) is 13.6 Å². The quantitative estimate of drug-likeness (QED) is 0.273. The summed E-state index contributed by atoms with van der Waals surface area (Å²) in [5.74, 6) is -4.20. The fraction of sp³-hybridized carbons (Fsp3) is 0.355. The number of nitrogens with two attached hydrogens (primary N) is 1. The van der Waals surface area contributed by atoms with Gasteiger partial charge in [-0.1, -0.05) is 62.2 Å². The van der Waals surface area contributed by atoms with Crippen LogP contribution in [0.15, 0.2) is 54.6 Å². The molecule has 4 rings (SSSR count). The first-order chi connectivity index (χ1) is 19.6. The first-order valence-electron chi connectivity index (χ1n) is 13.2. The Hall–Kier alpha value is -3.24. The Bertz CT molecular complexity index is 1530. The molecule has 0 saturated carbocycles. The molecule has 3 aromatic carbocycles. The van der Waals surface area contributed by atoms with Gasteiger partial charge in [0, 0.05) is 22.5 Å². The second-order valence-electron chi connectivity index (χ2n) is 11.8. The van der Waals surface area contributed by atoms with Crippen molar-refractivity contribution in [1.29, 1.82) is 0 Å². The van der Waals surface area contributed by atoms with E-state index in [0.29, 0.717) is 6.42 Å². The molecule has 7 nitrogen and oxygen atoms in total. The highest BCUT2D eigenvalue weighted by atomic mass is 35.5. The minimum absolute atomic E-state index is 0.0360. The van der Waals surface area contributed by atoms with Crippen LogP contribution in [0.1, 0.15) is 54.6 Å². The number of aromatic carboxylic acids is 1. The second kappa shape index (κ2) is 11.8. The zero-order valence-corrected chi connectivity index (χ0v) is 25.4. The van der Waals surface area contributed by atoms with Crippen LogP contribution in [0.5, 0.6) is 5.75 Å². The highest BCUT2D eigenvalue weighted by molar-refractivity contribution is 6.31. The molecule has 4 N–H and O–H groups in total. The number of amides is 1. The number of carboxylic acid groups (broad SMARTS) is 1. The smallest absolute Gasteiger partial charge is 0.335 e. The van der Waals surface area contributed by atoms with Crippen molar-refractivity contribution < 1.29 is 28.2 Å². The average molecular weight is 621 g/mol. The highest BCUT2D eigenvalue weighted by Gasteiger charge is 2.61. The molecule has 0 bridgehead atoms. The number of methoxy groups -OCH3 is 1. The Morgan fingerprint density at radius 1 is 1.12 bits per heavy atom. The third kappa shape index (κ3) is 5.83. The number of hydrogen-bond acceptors (Lipinski definition) is 5. The molecule has 1 heterocycles. The second-order valence-corrected chi connectivity index (χ2v) is 12.6. The number of carbonyl (C=O) groups excluding carboxylic acids is 1. The molecule has 11 heteroatoms. The van der Waals surface area contributed by atoms with Gasteiger partial charge in [0.15, 0.2) is 0 Å². The number of likely N-dealkylation sites (tertiary alicyclic amines) is 1. The molecule has 1 fully saturated rings. The van der Waals surface area contributed by atoms with Gasteiger partial charge in [-0.2, -0.15) is 0 Å². The lowest BCUT2D eigenvalue weighted by atomic mass is 9.68. The molecular weight excluding hydrogens is 587 g/mol. The third-order valence-electron chi connectivity index (χ3n) is 7.81. The average Bonchev–Trinajstić information content (AvgIpc) is 3.11. The molecule has 0 spiro atoms. The van der Waals surface area contributed by atoms with Crippen molar-refractivity contribution in [2.75, 3.05) is 19.5 Å². The van der Waals surface area contributed by atoms with Crippen molar-refractivity contribution >= 4 is 40.8 Å². The fourth-order valence-corrected chi connectivity index (χ4v) is 6.31. The summed E-state index contributed by atoms with van der Waals surface area (Å²) in [7, 11) is 3.04. The van der Waals surface area contributed by atoms with E-state index in [4.69, 9.17) is 33.7 Å². The zero-order valence-electron chi connectivity index (χ0n) is 23.8. The van der Waals surface area contributed by atoms with Crippen molar-refractivity contribution in [1.82, 2.24) is 4.90 Å². The first-order valence-corrected chi connectivity index (χ1v) is 14.0. The summed E-state index contributed by atoms with van der Waals surface area (Å²) in [4.78, 5) is 27.4. The van der Waals surface area contributed by atoms with Crippen LogP contribution in [-0.4, -0.2) is 48.1 Å². The lowest BCUT2D eigenvalue weighted by Gasteiger charge is -2.41. The minimum Gasteiger partial charge on any atom is -0.495 e. The molecule has 3 aromatic rings. The van der Waals surface area contributed by atoms with E-state index >= 15 is 8.78 Å². The summed E-state index contributed by atoms with van der Waals surface area (Å²) in [6.07, 6.45) is 0.418. The predicted molar refractivity (Wildman–Crippen MR) is 159 cm³/mol. The van der Waals surface area contributed by atoms with Crippen molar-refractivity contribution in [3.63, 3.8) is 0 Å². The van der Waals surface area contributed by atoms with Crippen molar-refractivity contribution in [3.8, 4) is 5.75 Å². The highest BCUT2D eigenvalue weighted by Crippen LogP contribution is 2.53. The SMILES string of the molecule is COc1cc(C(=O)O)ccc1NC(=O)C1C(c2cccc(Cl)c2F)C(N)(c2ccc(Cl)cc2F)C(CC(C)(C)C)N1C. The monoisotopic (exact) mass is 619 g/mol. The molecule has 42 heavy (non-hydrogen) atoms. The number of ether oxygens (including phenoxy) is 1. The number of carboxylic acids is 1. The molecule has 4 unspecified atom stereocenters. The maximum Gasteiger partial charge on any atom is 0.335 e. The van der Waals surface area contributed by atoms with Crippen LogP contribution in [0, 0.1) is 17.0 Å². The molecule has 0 aromatic heterocycles. The number of rotatable bonds is 7. The van der Waals surface area contributed by atoms with Gasteiger partial charge in [-0.15, -0.1) is 0 Å². The van der Waals surface area contributed by atoms with E-state index in [2.05, 4.69) is 5.32 Å². The number of nitrogens with one attached hydrogen (secondary N) is 1. The predicted octanol–water partition coefficient (Wildman–Crippen LogP) is 6.67. The van der Waals surface area contributed by atoms with Crippen LogP contribution in [0.3, 0.4) is 0 Å². The summed E-state index contributed by atoms with van der Waals surface area (Å²) >= 11 is 12.3. The van der Waals surface area contributed by atoms with E-state index in [9.17, 15) is 14.7 Å². The van der Waals surface area contributed by atoms with Gasteiger partial charge in [0.2, 0.25) is 5.91 Å². The van der Waals surface area contributed by atoms with Crippen LogP contribution in [0.4, 0.5) is 14.5 Å². The molecule has 0 aliphatic carbocycles. The van der Waals surface area contributed by atoms with Crippen LogP contribution in [0.2, 0.25) is 10.0 Å². The number of benzene rings is 3. The van der Waals surface area contributed by atoms with Gasteiger partial charge in [0.25, 0.3) is 0 Å². The summed E-state index contributed by atoms with van der Waals surface area (Å²) in [6, 6.07) is 10.8. The Kier molecular flexibility index (Phi) is 8.90. The number of likely N-dealkylation sites (N-methyl/N-ethyl adjacent to an activating group) is 1. The van der Waals surface area contributed by atoms with Gasteiger partial charge < -0.3 is 20.9 Å². The Labute approximate surface area is 253 Å². The van der Waals surface area contributed by atoms with Gasteiger partial charge in [0.1, 0.15) is 17.4 Å². The maximum absolute atomic E-state index is 15.8. The van der Waals surface area contributed by atoms with E-state index in [0.717, 1.165) is 6.07 Å². The Balaban J connectivity index is 1.95. The molecule has 4 atom stereocenters. The molecule has 224 valence electrons. The number of halogens is 4. The lowest BCUT2D eigenvalue weighted by molar-refractivity contribution is -0.120. The number of anilines is 1. The Morgan fingerprint density at radius 3 is 2.40 bits per heavy atom. The number of hydrogen-bond donors (Lipinski definition) is 3. The minimum atomic E-state index is -1.62. The topological polar surface area (TPSA) is 105 Å². The zero-order chi connectivity index (χ0) is 31.1. The van der Waals surface area contributed by atoms with Crippen molar-refractivity contribution in [2.24, 2.45) is 11.1 Å². The fourth-order valence-electron chi connectivity index (χ4n) is 5.97. The van der Waals surface area contributed by atoms with Crippen molar-refractivity contribution in [2.45, 2.75) is 50.7 Å². The Morgan fingerprint density at radius 2 is 1.81 bits per heavy atom. The summed E-state index contributed by atoms with van der Waals surface area (Å²) in [5.41, 5.74) is 5.64. The van der Waals surface area contributed by atoms with Crippen molar-refractivity contribution in [3.05, 3.63) is 93.0 Å². The number of carbonyl (C=O) groups is 2. The molecule has 1 saturated heterocycles. The van der Waals surface area contributed by atoms with Crippen LogP contribution < -0.4 is 15.8 Å². The van der Waals surface area contributed by atoms with E-state index in [1.54, 1.807) is 18.0 Å². The first kappa shape index (κ1) is 31.7. The maximum atomic E-state index is 15.8. The van der Waals surface area contributed by atoms with E-state index in [1.165, 1.54) is 49.6 Å². The van der Waals surface area contributed by atoms with E-state index in [1.807, 2.05) is 20.8 Å². The van der Waals surface area contributed by atoms with E-state index in [-0.39, 0.29) is 43.6 Å². The van der Waals surface area contributed by atoms with Gasteiger partial charge in [-0.05, 0) is 60.8 Å². The molecule has 0 radical (unpaired) electrons. The lowest BCUT2D eigenvalue weighted by Crippen LogP contribution is -2.52. The summed E-state index contributed by atoms with van der Waals surface area (Å²) in [6.45, 7) is 5.99. The third-order valence-corrected chi connectivity index (χ3v) is 8.33. The van der Waals surface area contributed by atoms with Gasteiger partial charge >= 0.3 is 5.97 Å². The largest absolute Gasteiger partial charge is 0.495 e. The van der Waals surface area contributed by atoms with Crippen LogP contribution >= 0.6 is 23.2 Å². The van der Waals surface area contributed by atoms with Gasteiger partial charge in [0.05, 0.1) is 35.0 Å². The normalized spacial score (nSPS) is 22.7. The summed E-state index contributed by atoms with van der Waals surface area (Å²) in [5, 5.41) is 12.2. The van der Waals surface area contributed by atoms with Crippen LogP contribution in [-0.2, 0) is 10.3 Å². The standard InChI is InChI=1S/C31H33Cl2F2N3O4/c1-30(2,3)15-24-31(36,19-11-10-17(32)14-21(19)34)25(18-7-6-8-20(33)26(18)35)27(38(24)4)28(39)37-22-12-9-16(29(40)41)13-23(22)42-5/h6-14,24-25,27H,15,36H2,1-5H3,(H,37,39)(H,40,41). The molecular formula is C31H33Cl2F2N3O4. The summed E-state index contributed by atoms with van der Waals surface area (Å²) < 4.78 is 36.9. The molecule has 1 aliphatic heterocycles. The number of nitrogens with zero attached hydrogens (tertiary/aromatic N) is 1. The van der Waals surface area contributed by atoms with E-state index < -0.39 is 47.1 Å². The molecule has 1 amide bonds. The van der Waals surface area contributed by atoms with Gasteiger partial charge in [-0.3, -0.25) is 9.69 Å². The van der Waals surface area contributed by atoms with Crippen LogP contribution in [0.25, 0.3) is 0 Å².